The summed E-state index contributed by atoms with van der Waals surface area (Å²) >= 11 is 0. The van der Waals surface area contributed by atoms with Crippen molar-refractivity contribution in [2.45, 2.75) is 51.6 Å². The lowest BCUT2D eigenvalue weighted by atomic mass is 9.99. The standard InChI is InChI=1S/C22H28N4O2/c1-4-21(27)24-20(17-10-8-16(9-11-17)15(2)3)14-23-22(28)19-13-18-7-5-6-12-26(18)25-19/h4,8-11,13,15,20H,1,5-7,12,14H2,2-3H3,(H,23,28)(H,24,27). The van der Waals surface area contributed by atoms with Gasteiger partial charge < -0.3 is 10.6 Å². The fourth-order valence-electron chi connectivity index (χ4n) is 3.41. The Morgan fingerprint density at radius 3 is 2.57 bits per heavy atom. The highest BCUT2D eigenvalue weighted by atomic mass is 16.2. The van der Waals surface area contributed by atoms with Gasteiger partial charge in [0.2, 0.25) is 5.91 Å². The van der Waals surface area contributed by atoms with E-state index in [2.05, 4.69) is 48.3 Å². The molecule has 1 atom stereocenters. The molecule has 2 amide bonds. The van der Waals surface area contributed by atoms with Crippen molar-refractivity contribution in [3.63, 3.8) is 0 Å². The molecule has 28 heavy (non-hydrogen) atoms. The lowest BCUT2D eigenvalue weighted by Gasteiger charge is -2.19. The topological polar surface area (TPSA) is 76.0 Å². The van der Waals surface area contributed by atoms with Gasteiger partial charge in [-0.1, -0.05) is 44.7 Å². The van der Waals surface area contributed by atoms with E-state index >= 15 is 0 Å². The number of hydrogen-bond acceptors (Lipinski definition) is 3. The van der Waals surface area contributed by atoms with E-state index in [9.17, 15) is 9.59 Å². The van der Waals surface area contributed by atoms with Gasteiger partial charge in [0.25, 0.3) is 5.91 Å². The summed E-state index contributed by atoms with van der Waals surface area (Å²) in [6.45, 7) is 8.93. The Labute approximate surface area is 166 Å². The molecule has 1 unspecified atom stereocenters. The number of carbonyl (C=O) groups is 2. The van der Waals surface area contributed by atoms with Crippen LogP contribution in [-0.2, 0) is 17.8 Å². The van der Waals surface area contributed by atoms with Crippen LogP contribution in [0.4, 0.5) is 0 Å². The van der Waals surface area contributed by atoms with Gasteiger partial charge >= 0.3 is 0 Å². The van der Waals surface area contributed by atoms with Crippen molar-refractivity contribution in [2.75, 3.05) is 6.54 Å². The maximum atomic E-state index is 12.6. The van der Waals surface area contributed by atoms with Crippen LogP contribution in [0.25, 0.3) is 0 Å². The van der Waals surface area contributed by atoms with Gasteiger partial charge in [0.05, 0.1) is 6.04 Å². The van der Waals surface area contributed by atoms with Crippen molar-refractivity contribution in [1.82, 2.24) is 20.4 Å². The van der Waals surface area contributed by atoms with E-state index in [-0.39, 0.29) is 24.4 Å². The normalized spacial score (nSPS) is 14.2. The molecule has 1 aromatic carbocycles. The largest absolute Gasteiger partial charge is 0.348 e. The first-order valence-electron chi connectivity index (χ1n) is 9.85. The molecule has 0 fully saturated rings. The molecule has 0 aliphatic carbocycles. The highest BCUT2D eigenvalue weighted by Gasteiger charge is 2.19. The number of nitrogens with zero attached hydrogens (tertiary/aromatic N) is 2. The molecule has 2 aromatic rings. The van der Waals surface area contributed by atoms with E-state index in [4.69, 9.17) is 0 Å². The first-order valence-corrected chi connectivity index (χ1v) is 9.85. The number of nitrogens with one attached hydrogen (secondary N) is 2. The molecule has 0 spiro atoms. The number of benzene rings is 1. The van der Waals surface area contributed by atoms with E-state index in [1.165, 1.54) is 11.6 Å². The summed E-state index contributed by atoms with van der Waals surface area (Å²) in [6, 6.07) is 9.61. The molecule has 1 aliphatic heterocycles. The quantitative estimate of drug-likeness (QED) is 0.725. The van der Waals surface area contributed by atoms with E-state index in [1.807, 2.05) is 22.9 Å². The number of aromatic nitrogens is 2. The maximum Gasteiger partial charge on any atom is 0.271 e. The zero-order chi connectivity index (χ0) is 20.1. The Balaban J connectivity index is 1.70. The molecule has 0 radical (unpaired) electrons. The van der Waals surface area contributed by atoms with Crippen molar-refractivity contribution in [3.8, 4) is 0 Å². The van der Waals surface area contributed by atoms with Crippen LogP contribution in [0.1, 0.15) is 66.0 Å². The van der Waals surface area contributed by atoms with Gasteiger partial charge in [-0.15, -0.1) is 0 Å². The lowest BCUT2D eigenvalue weighted by Crippen LogP contribution is -2.37. The van der Waals surface area contributed by atoms with Crippen LogP contribution in [0.3, 0.4) is 0 Å². The molecule has 0 saturated heterocycles. The Morgan fingerprint density at radius 2 is 1.93 bits per heavy atom. The predicted molar refractivity (Wildman–Crippen MR) is 109 cm³/mol. The molecule has 6 heteroatoms. The van der Waals surface area contributed by atoms with Crippen LogP contribution in [0.2, 0.25) is 0 Å². The summed E-state index contributed by atoms with van der Waals surface area (Å²) in [7, 11) is 0. The van der Waals surface area contributed by atoms with Gasteiger partial charge in [-0.2, -0.15) is 5.10 Å². The van der Waals surface area contributed by atoms with Crippen molar-refractivity contribution in [2.24, 2.45) is 0 Å². The zero-order valence-corrected chi connectivity index (χ0v) is 16.6. The number of fused-ring (bicyclic) bond motifs is 1. The van der Waals surface area contributed by atoms with Crippen molar-refractivity contribution >= 4 is 11.8 Å². The summed E-state index contributed by atoms with van der Waals surface area (Å²) < 4.78 is 1.92. The zero-order valence-electron chi connectivity index (χ0n) is 16.6. The molecule has 148 valence electrons. The Hall–Kier alpha value is -2.89. The second-order valence-corrected chi connectivity index (χ2v) is 7.50. The van der Waals surface area contributed by atoms with Gasteiger partial charge in [-0.3, -0.25) is 14.3 Å². The molecule has 1 aliphatic rings. The molecular formula is C22H28N4O2. The highest BCUT2D eigenvalue weighted by molar-refractivity contribution is 5.92. The molecule has 3 rings (SSSR count). The summed E-state index contributed by atoms with van der Waals surface area (Å²) in [5.41, 5.74) is 3.70. The third-order valence-corrected chi connectivity index (χ3v) is 5.12. The third kappa shape index (κ3) is 4.68. The summed E-state index contributed by atoms with van der Waals surface area (Å²) in [5.74, 6) is -0.0647. The highest BCUT2D eigenvalue weighted by Crippen LogP contribution is 2.19. The third-order valence-electron chi connectivity index (χ3n) is 5.12. The van der Waals surface area contributed by atoms with Crippen LogP contribution >= 0.6 is 0 Å². The van der Waals surface area contributed by atoms with Gasteiger partial charge in [-0.25, -0.2) is 0 Å². The van der Waals surface area contributed by atoms with E-state index < -0.39 is 0 Å². The Morgan fingerprint density at radius 1 is 1.21 bits per heavy atom. The van der Waals surface area contributed by atoms with Gasteiger partial charge in [0.15, 0.2) is 0 Å². The summed E-state index contributed by atoms with van der Waals surface area (Å²) in [5, 5.41) is 10.2. The molecule has 1 aromatic heterocycles. The average Bonchev–Trinajstić information content (AvgIpc) is 3.15. The SMILES string of the molecule is C=CC(=O)NC(CNC(=O)c1cc2n(n1)CCCC2)c1ccc(C(C)C)cc1. The van der Waals surface area contributed by atoms with E-state index in [1.54, 1.807) is 0 Å². The minimum atomic E-state index is -0.340. The van der Waals surface area contributed by atoms with Gasteiger partial charge in [0.1, 0.15) is 5.69 Å². The van der Waals surface area contributed by atoms with Crippen LogP contribution in [0.15, 0.2) is 43.0 Å². The van der Waals surface area contributed by atoms with Crippen LogP contribution in [0.5, 0.6) is 0 Å². The smallest absolute Gasteiger partial charge is 0.271 e. The van der Waals surface area contributed by atoms with Crippen molar-refractivity contribution in [3.05, 3.63) is 65.5 Å². The number of amides is 2. The predicted octanol–water partition coefficient (Wildman–Crippen LogP) is 3.12. The molecule has 2 N–H and O–H groups in total. The van der Waals surface area contributed by atoms with Crippen molar-refractivity contribution in [1.29, 1.82) is 0 Å². The number of hydrogen-bond donors (Lipinski definition) is 2. The molecular weight excluding hydrogens is 352 g/mol. The second kappa shape index (κ2) is 8.87. The minimum absolute atomic E-state index is 0.224. The van der Waals surface area contributed by atoms with E-state index in [0.29, 0.717) is 11.6 Å². The second-order valence-electron chi connectivity index (χ2n) is 7.50. The summed E-state index contributed by atoms with van der Waals surface area (Å²) in [6.07, 6.45) is 4.42. The monoisotopic (exact) mass is 380 g/mol. The number of rotatable bonds is 7. The number of aryl methyl sites for hydroxylation is 2. The first-order chi connectivity index (χ1) is 13.5. The minimum Gasteiger partial charge on any atom is -0.348 e. The fraction of sp³-hybridized carbons (Fsp3) is 0.409. The van der Waals surface area contributed by atoms with Crippen molar-refractivity contribution < 1.29 is 9.59 Å². The van der Waals surface area contributed by atoms with Crippen LogP contribution in [0, 0.1) is 0 Å². The first kappa shape index (κ1) is 19.9. The number of carbonyl (C=O) groups excluding carboxylic acids is 2. The summed E-state index contributed by atoms with van der Waals surface area (Å²) in [4.78, 5) is 24.4. The van der Waals surface area contributed by atoms with Gasteiger partial charge in [-0.05, 0) is 48.4 Å². The Kier molecular flexibility index (Phi) is 6.29. The maximum absolute atomic E-state index is 12.6. The molecule has 0 saturated carbocycles. The van der Waals surface area contributed by atoms with Crippen LogP contribution < -0.4 is 10.6 Å². The molecule has 0 bridgehead atoms. The Bertz CT molecular complexity index is 828. The fourth-order valence-corrected chi connectivity index (χ4v) is 3.41. The lowest BCUT2D eigenvalue weighted by molar-refractivity contribution is -0.117. The van der Waals surface area contributed by atoms with Crippen LogP contribution in [-0.4, -0.2) is 28.1 Å². The average molecular weight is 380 g/mol. The van der Waals surface area contributed by atoms with E-state index in [0.717, 1.165) is 37.1 Å². The van der Waals surface area contributed by atoms with Gasteiger partial charge in [0, 0.05) is 18.8 Å². The molecule has 2 heterocycles. The molecule has 6 nitrogen and oxygen atoms in total.